The van der Waals surface area contributed by atoms with Gasteiger partial charge in [0.05, 0.1) is 32.1 Å². The molecule has 6 nitrogen and oxygen atoms in total. The molecule has 4 saturated carbocycles. The Morgan fingerprint density at radius 1 is 0.903 bits per heavy atom. The van der Waals surface area contributed by atoms with Gasteiger partial charge in [0.1, 0.15) is 6.61 Å². The number of fused-ring (bicyclic) bond motifs is 6. The third kappa shape index (κ3) is 2.80. The lowest BCUT2D eigenvalue weighted by atomic mass is 9.44. The molecule has 4 aliphatic carbocycles. The molecule has 0 aromatic rings. The fourth-order valence-electron chi connectivity index (χ4n) is 8.89. The highest BCUT2D eigenvalue weighted by molar-refractivity contribution is 5.88. The Labute approximate surface area is 186 Å². The molecule has 1 unspecified atom stereocenters. The molecule has 0 amide bonds. The lowest BCUT2D eigenvalue weighted by Crippen LogP contribution is -2.60. The van der Waals surface area contributed by atoms with Crippen LogP contribution in [0.4, 0.5) is 0 Å². The Hall–Kier alpha value is -0.690. The van der Waals surface area contributed by atoms with E-state index in [2.05, 4.69) is 13.8 Å². The van der Waals surface area contributed by atoms with Crippen LogP contribution in [0.1, 0.15) is 72.1 Å². The van der Waals surface area contributed by atoms with Gasteiger partial charge in [-0.3, -0.25) is 0 Å². The maximum absolute atomic E-state index is 6.33. The minimum atomic E-state index is -0.393. The third-order valence-corrected chi connectivity index (χ3v) is 10.4. The van der Waals surface area contributed by atoms with E-state index < -0.39 is 5.79 Å². The van der Waals surface area contributed by atoms with E-state index in [0.29, 0.717) is 30.3 Å². The van der Waals surface area contributed by atoms with Crippen LogP contribution in [0.3, 0.4) is 0 Å². The van der Waals surface area contributed by atoms with Crippen LogP contribution in [0.5, 0.6) is 0 Å². The average Bonchev–Trinajstić information content (AvgIpc) is 3.49. The summed E-state index contributed by atoms with van der Waals surface area (Å²) in [4.78, 5) is 5.68. The summed E-state index contributed by atoms with van der Waals surface area (Å²) in [7, 11) is 0. The first-order valence-electron chi connectivity index (χ1n) is 12.7. The highest BCUT2D eigenvalue weighted by atomic mass is 16.7. The predicted molar refractivity (Wildman–Crippen MR) is 115 cm³/mol. The third-order valence-electron chi connectivity index (χ3n) is 10.4. The van der Waals surface area contributed by atoms with Crippen LogP contribution in [-0.4, -0.2) is 50.3 Å². The summed E-state index contributed by atoms with van der Waals surface area (Å²) >= 11 is 0. The van der Waals surface area contributed by atoms with Gasteiger partial charge in [-0.1, -0.05) is 19.0 Å². The molecule has 0 aromatic carbocycles. The Bertz CT molecular complexity index is 742. The molecule has 6 fully saturated rings. The van der Waals surface area contributed by atoms with Gasteiger partial charge in [-0.05, 0) is 62.2 Å². The second-order valence-electron chi connectivity index (χ2n) is 11.4. The van der Waals surface area contributed by atoms with Crippen molar-refractivity contribution in [1.82, 2.24) is 0 Å². The molecule has 2 heterocycles. The number of hydrogen-bond donors (Lipinski definition) is 0. The van der Waals surface area contributed by atoms with Crippen molar-refractivity contribution in [3.05, 3.63) is 0 Å². The van der Waals surface area contributed by atoms with Crippen molar-refractivity contribution in [2.75, 3.05) is 33.0 Å². The first-order valence-corrected chi connectivity index (χ1v) is 12.7. The van der Waals surface area contributed by atoms with Crippen LogP contribution in [0.15, 0.2) is 5.16 Å². The molecule has 174 valence electrons. The summed E-state index contributed by atoms with van der Waals surface area (Å²) < 4.78 is 25.0. The van der Waals surface area contributed by atoms with Crippen molar-refractivity contribution >= 4 is 5.71 Å². The van der Waals surface area contributed by atoms with Crippen molar-refractivity contribution in [2.24, 2.45) is 39.7 Å². The van der Waals surface area contributed by atoms with Crippen molar-refractivity contribution < 1.29 is 23.8 Å². The average molecular weight is 434 g/mol. The number of nitrogens with zero attached hydrogens (tertiary/aromatic N) is 1. The van der Waals surface area contributed by atoms with Crippen LogP contribution >= 0.6 is 0 Å². The van der Waals surface area contributed by atoms with E-state index in [9.17, 15) is 0 Å². The van der Waals surface area contributed by atoms with Gasteiger partial charge in [-0.2, -0.15) is 0 Å². The zero-order chi connectivity index (χ0) is 21.3. The molecule has 6 aliphatic rings. The van der Waals surface area contributed by atoms with Gasteiger partial charge in [0.2, 0.25) is 0 Å². The van der Waals surface area contributed by atoms with E-state index in [4.69, 9.17) is 28.9 Å². The fraction of sp³-hybridized carbons (Fsp3) is 0.960. The van der Waals surface area contributed by atoms with Gasteiger partial charge in [0.15, 0.2) is 11.6 Å². The molecule has 6 heteroatoms. The Balaban J connectivity index is 1.35. The summed E-state index contributed by atoms with van der Waals surface area (Å²) in [6.45, 7) is 10.6. The highest BCUT2D eigenvalue weighted by Gasteiger charge is 2.68. The number of hydrogen-bond acceptors (Lipinski definition) is 6. The minimum absolute atomic E-state index is 0.109. The first kappa shape index (κ1) is 20.9. The van der Waals surface area contributed by atoms with Gasteiger partial charge in [0.25, 0.3) is 0 Å². The van der Waals surface area contributed by atoms with E-state index in [1.54, 1.807) is 0 Å². The predicted octanol–water partition coefficient (Wildman–Crippen LogP) is 4.52. The van der Waals surface area contributed by atoms with Crippen molar-refractivity contribution in [2.45, 2.75) is 83.7 Å². The van der Waals surface area contributed by atoms with Gasteiger partial charge >= 0.3 is 0 Å². The standard InChI is InChI=1S/C25H39NO5/c1-4-31-26-21-15-17-18(22(2)9-10-24(16-20(21)22)27-11-12-28-24)5-7-23(3)19(17)6-8-25(23)29-13-14-30-25/h17-20H,4-16H2,1-3H3/b26-21+/t17-,18+,19+,20?,22-,23+/m1/s1. The monoisotopic (exact) mass is 433 g/mol. The zero-order valence-corrected chi connectivity index (χ0v) is 19.5. The van der Waals surface area contributed by atoms with Crippen LogP contribution in [0.25, 0.3) is 0 Å². The second-order valence-corrected chi connectivity index (χ2v) is 11.4. The molecule has 0 N–H and O–H groups in total. The quantitative estimate of drug-likeness (QED) is 0.600. The van der Waals surface area contributed by atoms with E-state index in [0.717, 1.165) is 58.5 Å². The minimum Gasteiger partial charge on any atom is -0.396 e. The molecular weight excluding hydrogens is 394 g/mol. The van der Waals surface area contributed by atoms with Crippen LogP contribution in [0.2, 0.25) is 0 Å². The Morgan fingerprint density at radius 2 is 1.61 bits per heavy atom. The van der Waals surface area contributed by atoms with Crippen molar-refractivity contribution in [1.29, 1.82) is 0 Å². The second kappa shape index (κ2) is 7.15. The van der Waals surface area contributed by atoms with Crippen molar-refractivity contribution in [3.63, 3.8) is 0 Å². The maximum Gasteiger partial charge on any atom is 0.174 e. The van der Waals surface area contributed by atoms with Crippen LogP contribution in [-0.2, 0) is 23.8 Å². The molecule has 2 aliphatic heterocycles. The zero-order valence-electron chi connectivity index (χ0n) is 19.5. The van der Waals surface area contributed by atoms with E-state index in [-0.39, 0.29) is 16.6 Å². The topological polar surface area (TPSA) is 58.5 Å². The normalized spacial score (nSPS) is 48.7. The number of ether oxygens (including phenoxy) is 4. The molecule has 0 radical (unpaired) electrons. The largest absolute Gasteiger partial charge is 0.396 e. The fourth-order valence-corrected chi connectivity index (χ4v) is 8.89. The molecule has 0 aromatic heterocycles. The molecule has 6 atom stereocenters. The molecule has 2 spiro atoms. The number of oxime groups is 1. The summed E-state index contributed by atoms with van der Waals surface area (Å²) in [6, 6.07) is 0. The smallest absolute Gasteiger partial charge is 0.174 e. The van der Waals surface area contributed by atoms with E-state index >= 15 is 0 Å². The van der Waals surface area contributed by atoms with Gasteiger partial charge in [0, 0.05) is 30.6 Å². The van der Waals surface area contributed by atoms with Crippen LogP contribution in [0, 0.1) is 34.5 Å². The summed E-state index contributed by atoms with van der Waals surface area (Å²) in [5.41, 5.74) is 1.59. The van der Waals surface area contributed by atoms with Gasteiger partial charge in [-0.25, -0.2) is 0 Å². The van der Waals surface area contributed by atoms with Crippen molar-refractivity contribution in [3.8, 4) is 0 Å². The molecular formula is C25H39NO5. The maximum atomic E-state index is 6.33. The molecule has 0 bridgehead atoms. The lowest BCUT2D eigenvalue weighted by Gasteiger charge is -2.62. The van der Waals surface area contributed by atoms with Gasteiger partial charge in [-0.15, -0.1) is 0 Å². The molecule has 31 heavy (non-hydrogen) atoms. The summed E-state index contributed by atoms with van der Waals surface area (Å²) in [5, 5.41) is 4.75. The lowest BCUT2D eigenvalue weighted by molar-refractivity contribution is -0.249. The van der Waals surface area contributed by atoms with E-state index in [1.807, 2.05) is 6.92 Å². The SMILES string of the molecule is CCO/N=C1\C[C@@H]2[C@H](CC[C@@]3(C)[C@H]2CCC32OCCO2)[C@@]2(C)CCC3(CC12)OCCO3. The van der Waals surface area contributed by atoms with Gasteiger partial charge < -0.3 is 23.8 Å². The highest BCUT2D eigenvalue weighted by Crippen LogP contribution is 2.69. The summed E-state index contributed by atoms with van der Waals surface area (Å²) in [5.74, 6) is 1.61. The van der Waals surface area contributed by atoms with Crippen LogP contribution < -0.4 is 0 Å². The Morgan fingerprint density at radius 3 is 2.35 bits per heavy atom. The molecule has 6 rings (SSSR count). The molecule has 2 saturated heterocycles. The number of rotatable bonds is 2. The first-order chi connectivity index (χ1) is 15.0. The Kier molecular flexibility index (Phi) is 4.82. The van der Waals surface area contributed by atoms with E-state index in [1.165, 1.54) is 25.0 Å². The summed E-state index contributed by atoms with van der Waals surface area (Å²) in [6.07, 6.45) is 8.83.